The van der Waals surface area contributed by atoms with Crippen molar-refractivity contribution in [3.05, 3.63) is 0 Å². The Morgan fingerprint density at radius 2 is 2.50 bits per heavy atom. The van der Waals surface area contributed by atoms with Crippen LogP contribution in [0.4, 0.5) is 0 Å². The second kappa shape index (κ2) is 5.11. The highest BCUT2D eigenvalue weighted by atomic mass is 16.6. The van der Waals surface area contributed by atoms with Crippen LogP contribution >= 0.6 is 0 Å². The second-order valence-corrected chi connectivity index (χ2v) is 2.92. The molecule has 4 nitrogen and oxygen atoms in total. The zero-order valence-electron chi connectivity index (χ0n) is 7.34. The Bertz CT molecular complexity index is 143. The van der Waals surface area contributed by atoms with Crippen molar-refractivity contribution in [2.75, 3.05) is 13.7 Å². The number of rotatable bonds is 3. The molecule has 0 saturated carbocycles. The Hall–Kier alpha value is -0.610. The molecule has 0 aromatic rings. The van der Waals surface area contributed by atoms with Crippen LogP contribution in [0.25, 0.3) is 0 Å². The van der Waals surface area contributed by atoms with Crippen molar-refractivity contribution in [1.82, 2.24) is 5.48 Å². The maximum Gasteiger partial charge on any atom is 0.246 e. The van der Waals surface area contributed by atoms with Gasteiger partial charge in [-0.3, -0.25) is 9.63 Å². The van der Waals surface area contributed by atoms with Gasteiger partial charge in [0.2, 0.25) is 5.91 Å². The van der Waals surface area contributed by atoms with E-state index in [4.69, 9.17) is 4.74 Å². The van der Waals surface area contributed by atoms with Crippen LogP contribution in [0.15, 0.2) is 0 Å². The number of carbonyl (C=O) groups is 1. The molecule has 70 valence electrons. The van der Waals surface area contributed by atoms with Crippen LogP contribution < -0.4 is 5.48 Å². The third-order valence-electron chi connectivity index (χ3n) is 1.90. The van der Waals surface area contributed by atoms with E-state index in [0.29, 0.717) is 6.42 Å². The maximum atomic E-state index is 11.0. The quantitative estimate of drug-likeness (QED) is 0.636. The number of amides is 1. The summed E-state index contributed by atoms with van der Waals surface area (Å²) in [7, 11) is 1.43. The van der Waals surface area contributed by atoms with Crippen LogP contribution in [0.1, 0.15) is 25.7 Å². The third-order valence-corrected chi connectivity index (χ3v) is 1.90. The molecule has 0 radical (unpaired) electrons. The SMILES string of the molecule is CONC(=O)CC1CCCCO1. The number of nitrogens with one attached hydrogen (secondary N) is 1. The lowest BCUT2D eigenvalue weighted by atomic mass is 10.1. The van der Waals surface area contributed by atoms with E-state index in [2.05, 4.69) is 10.3 Å². The molecule has 0 spiro atoms. The molecule has 1 atom stereocenters. The lowest BCUT2D eigenvalue weighted by molar-refractivity contribution is -0.135. The van der Waals surface area contributed by atoms with Crippen molar-refractivity contribution >= 4 is 5.91 Å². The molecule has 0 aliphatic carbocycles. The van der Waals surface area contributed by atoms with E-state index in [1.165, 1.54) is 7.11 Å². The van der Waals surface area contributed by atoms with E-state index >= 15 is 0 Å². The van der Waals surface area contributed by atoms with Crippen LogP contribution in [-0.4, -0.2) is 25.7 Å². The molecule has 1 aliphatic rings. The smallest absolute Gasteiger partial charge is 0.246 e. The highest BCUT2D eigenvalue weighted by Crippen LogP contribution is 2.15. The normalized spacial score (nSPS) is 23.6. The number of hydrogen-bond acceptors (Lipinski definition) is 3. The van der Waals surface area contributed by atoms with E-state index in [9.17, 15) is 4.79 Å². The van der Waals surface area contributed by atoms with Gasteiger partial charge in [-0.05, 0) is 19.3 Å². The van der Waals surface area contributed by atoms with Gasteiger partial charge >= 0.3 is 0 Å². The predicted molar refractivity (Wildman–Crippen MR) is 43.4 cm³/mol. The first-order valence-corrected chi connectivity index (χ1v) is 4.26. The second-order valence-electron chi connectivity index (χ2n) is 2.92. The molecule has 1 aliphatic heterocycles. The number of carbonyl (C=O) groups excluding carboxylic acids is 1. The Labute approximate surface area is 72.2 Å². The van der Waals surface area contributed by atoms with Crippen molar-refractivity contribution in [3.63, 3.8) is 0 Å². The van der Waals surface area contributed by atoms with Crippen LogP contribution in [0, 0.1) is 0 Å². The molecule has 1 fully saturated rings. The molecule has 1 heterocycles. The van der Waals surface area contributed by atoms with E-state index in [0.717, 1.165) is 25.9 Å². The molecule has 1 amide bonds. The van der Waals surface area contributed by atoms with Crippen LogP contribution in [0.5, 0.6) is 0 Å². The van der Waals surface area contributed by atoms with Gasteiger partial charge < -0.3 is 4.74 Å². The molecule has 12 heavy (non-hydrogen) atoms. The van der Waals surface area contributed by atoms with Gasteiger partial charge in [0.25, 0.3) is 0 Å². The molecule has 1 saturated heterocycles. The van der Waals surface area contributed by atoms with Gasteiger partial charge in [-0.25, -0.2) is 5.48 Å². The Morgan fingerprint density at radius 3 is 3.08 bits per heavy atom. The van der Waals surface area contributed by atoms with Gasteiger partial charge in [0.1, 0.15) is 0 Å². The Kier molecular flexibility index (Phi) is 4.04. The summed E-state index contributed by atoms with van der Waals surface area (Å²) in [6.07, 6.45) is 3.76. The van der Waals surface area contributed by atoms with Crippen molar-refractivity contribution in [3.8, 4) is 0 Å². The lowest BCUT2D eigenvalue weighted by Gasteiger charge is -2.21. The topological polar surface area (TPSA) is 47.6 Å². The van der Waals surface area contributed by atoms with Gasteiger partial charge in [-0.2, -0.15) is 0 Å². The van der Waals surface area contributed by atoms with Gasteiger partial charge in [0.15, 0.2) is 0 Å². The molecule has 1 rings (SSSR count). The fourth-order valence-corrected chi connectivity index (χ4v) is 1.33. The predicted octanol–water partition coefficient (Wildman–Crippen LogP) is 0.623. The van der Waals surface area contributed by atoms with Crippen molar-refractivity contribution < 1.29 is 14.4 Å². The summed E-state index contributed by atoms with van der Waals surface area (Å²) >= 11 is 0. The van der Waals surface area contributed by atoms with E-state index in [1.807, 2.05) is 0 Å². The Morgan fingerprint density at radius 1 is 1.67 bits per heavy atom. The third kappa shape index (κ3) is 3.19. The zero-order valence-corrected chi connectivity index (χ0v) is 7.34. The molecule has 1 unspecified atom stereocenters. The first-order chi connectivity index (χ1) is 5.83. The molecular formula is C8H15NO3. The van der Waals surface area contributed by atoms with Crippen LogP contribution in [0.3, 0.4) is 0 Å². The zero-order chi connectivity index (χ0) is 8.81. The van der Waals surface area contributed by atoms with Gasteiger partial charge in [0, 0.05) is 6.61 Å². The summed E-state index contributed by atoms with van der Waals surface area (Å²) in [5.41, 5.74) is 2.27. The first kappa shape index (κ1) is 9.48. The summed E-state index contributed by atoms with van der Waals surface area (Å²) in [6.45, 7) is 0.783. The minimum atomic E-state index is -0.107. The number of hydrogen-bond donors (Lipinski definition) is 1. The summed E-state index contributed by atoms with van der Waals surface area (Å²) < 4.78 is 5.38. The summed E-state index contributed by atoms with van der Waals surface area (Å²) in [5.74, 6) is -0.107. The molecule has 0 aromatic heterocycles. The average Bonchev–Trinajstić information content (AvgIpc) is 2.06. The molecule has 0 bridgehead atoms. The minimum Gasteiger partial charge on any atom is -0.378 e. The first-order valence-electron chi connectivity index (χ1n) is 4.26. The highest BCUT2D eigenvalue weighted by Gasteiger charge is 2.17. The fraction of sp³-hybridized carbons (Fsp3) is 0.875. The van der Waals surface area contributed by atoms with Gasteiger partial charge in [-0.1, -0.05) is 0 Å². The van der Waals surface area contributed by atoms with Crippen LogP contribution in [-0.2, 0) is 14.4 Å². The monoisotopic (exact) mass is 173 g/mol. The Balaban J connectivity index is 2.15. The average molecular weight is 173 g/mol. The maximum absolute atomic E-state index is 11.0. The van der Waals surface area contributed by atoms with Crippen LogP contribution in [0.2, 0.25) is 0 Å². The van der Waals surface area contributed by atoms with E-state index in [1.54, 1.807) is 0 Å². The summed E-state index contributed by atoms with van der Waals surface area (Å²) in [5, 5.41) is 0. The molecule has 4 heteroatoms. The highest BCUT2D eigenvalue weighted by molar-refractivity contribution is 5.75. The van der Waals surface area contributed by atoms with E-state index < -0.39 is 0 Å². The van der Waals surface area contributed by atoms with Crippen molar-refractivity contribution in [2.24, 2.45) is 0 Å². The fourth-order valence-electron chi connectivity index (χ4n) is 1.33. The summed E-state index contributed by atoms with van der Waals surface area (Å²) in [6, 6.07) is 0. The van der Waals surface area contributed by atoms with E-state index in [-0.39, 0.29) is 12.0 Å². The molecular weight excluding hydrogens is 158 g/mol. The van der Waals surface area contributed by atoms with Gasteiger partial charge in [0.05, 0.1) is 19.6 Å². The standard InChI is InChI=1S/C8H15NO3/c1-11-9-8(10)6-7-4-2-3-5-12-7/h7H,2-6H2,1H3,(H,9,10). The largest absolute Gasteiger partial charge is 0.378 e. The minimum absolute atomic E-state index is 0.0916. The lowest BCUT2D eigenvalue weighted by Crippen LogP contribution is -2.29. The summed E-state index contributed by atoms with van der Waals surface area (Å²) in [4.78, 5) is 15.5. The molecule has 1 N–H and O–H groups in total. The van der Waals surface area contributed by atoms with Gasteiger partial charge in [-0.15, -0.1) is 0 Å². The van der Waals surface area contributed by atoms with Crippen molar-refractivity contribution in [1.29, 1.82) is 0 Å². The number of ether oxygens (including phenoxy) is 1. The number of hydroxylamine groups is 1. The van der Waals surface area contributed by atoms with Crippen molar-refractivity contribution in [2.45, 2.75) is 31.8 Å². The molecule has 0 aromatic carbocycles.